The molecule has 2 aromatic heterocycles. The Morgan fingerprint density at radius 2 is 2.26 bits per heavy atom. The van der Waals surface area contributed by atoms with Crippen LogP contribution in [-0.4, -0.2) is 15.7 Å². The summed E-state index contributed by atoms with van der Waals surface area (Å²) in [5.74, 6) is 1.30. The molecule has 3 rings (SSSR count). The fraction of sp³-hybridized carbons (Fsp3) is 0.385. The van der Waals surface area contributed by atoms with Gasteiger partial charge in [0.2, 0.25) is 0 Å². The van der Waals surface area contributed by atoms with Crippen LogP contribution in [0.25, 0.3) is 0 Å². The Morgan fingerprint density at radius 1 is 1.47 bits per heavy atom. The molecule has 1 aliphatic carbocycles. The molecule has 6 heteroatoms. The highest BCUT2D eigenvalue weighted by atomic mass is 35.5. The van der Waals surface area contributed by atoms with Gasteiger partial charge in [-0.15, -0.1) is 0 Å². The highest BCUT2D eigenvalue weighted by Gasteiger charge is 2.20. The number of aryl methyl sites for hydroxylation is 3. The number of hydrogen-bond acceptors (Lipinski definition) is 3. The molecule has 5 nitrogen and oxygen atoms in total. The predicted octanol–water partition coefficient (Wildman–Crippen LogP) is 2.80. The normalized spacial score (nSPS) is 14.2. The molecule has 0 aromatic carbocycles. The first kappa shape index (κ1) is 12.3. The number of rotatable bonds is 2. The molecule has 0 aliphatic heterocycles. The number of amides is 1. The quantitative estimate of drug-likeness (QED) is 0.919. The molecular weight excluding hydrogens is 266 g/mol. The number of anilines is 1. The van der Waals surface area contributed by atoms with Crippen LogP contribution in [0.15, 0.2) is 16.7 Å². The minimum atomic E-state index is -0.310. The predicted molar refractivity (Wildman–Crippen MR) is 71.5 cm³/mol. The summed E-state index contributed by atoms with van der Waals surface area (Å²) in [5, 5.41) is 7.14. The highest BCUT2D eigenvalue weighted by Crippen LogP contribution is 2.26. The Morgan fingerprint density at radius 3 is 2.95 bits per heavy atom. The summed E-state index contributed by atoms with van der Waals surface area (Å²) in [5.41, 5.74) is 1.14. The molecule has 0 bridgehead atoms. The van der Waals surface area contributed by atoms with E-state index in [0.717, 1.165) is 37.0 Å². The largest absolute Gasteiger partial charge is 0.456 e. The van der Waals surface area contributed by atoms with Crippen LogP contribution in [0.4, 0.5) is 5.82 Å². The lowest BCUT2D eigenvalue weighted by atomic mass is 9.99. The van der Waals surface area contributed by atoms with Gasteiger partial charge in [0.25, 0.3) is 5.91 Å². The Bertz CT molecular complexity index is 606. The zero-order chi connectivity index (χ0) is 13.4. The van der Waals surface area contributed by atoms with Crippen molar-refractivity contribution in [1.82, 2.24) is 9.78 Å². The second kappa shape index (κ2) is 4.74. The van der Waals surface area contributed by atoms with Gasteiger partial charge in [0.15, 0.2) is 11.6 Å². The summed E-state index contributed by atoms with van der Waals surface area (Å²) in [6, 6.07) is 1.82. The smallest absolute Gasteiger partial charge is 0.292 e. The number of carbonyl (C=O) groups excluding carboxylic acids is 1. The summed E-state index contributed by atoms with van der Waals surface area (Å²) in [4.78, 5) is 12.1. The minimum Gasteiger partial charge on any atom is -0.456 e. The average Bonchev–Trinajstić information content (AvgIpc) is 2.93. The van der Waals surface area contributed by atoms with Crippen molar-refractivity contribution in [3.05, 3.63) is 34.4 Å². The maximum atomic E-state index is 12.1. The summed E-state index contributed by atoms with van der Waals surface area (Å²) in [6.45, 7) is 0. The Balaban J connectivity index is 1.80. The van der Waals surface area contributed by atoms with Crippen molar-refractivity contribution in [2.45, 2.75) is 25.7 Å². The standard InChI is InChI=1S/C13H14ClN3O2/c1-17-7-9(14)12(16-17)15-13(18)11-6-8-4-2-3-5-10(8)19-11/h6-7H,2-5H2,1H3,(H,15,16,18). The third-order valence-corrected chi connectivity index (χ3v) is 3.51. The average molecular weight is 280 g/mol. The van der Waals surface area contributed by atoms with Gasteiger partial charge in [-0.3, -0.25) is 9.48 Å². The van der Waals surface area contributed by atoms with Gasteiger partial charge in [0, 0.05) is 19.7 Å². The lowest BCUT2D eigenvalue weighted by Crippen LogP contribution is -2.12. The molecule has 0 atom stereocenters. The number of furan rings is 1. The number of carbonyl (C=O) groups is 1. The van der Waals surface area contributed by atoms with Crippen LogP contribution in [0, 0.1) is 0 Å². The topological polar surface area (TPSA) is 60.1 Å². The second-order valence-corrected chi connectivity index (χ2v) is 5.13. The Hall–Kier alpha value is -1.75. The summed E-state index contributed by atoms with van der Waals surface area (Å²) >= 11 is 5.95. The van der Waals surface area contributed by atoms with Crippen LogP contribution in [0.5, 0.6) is 0 Å². The zero-order valence-corrected chi connectivity index (χ0v) is 11.3. The van der Waals surface area contributed by atoms with Gasteiger partial charge in [0.05, 0.1) is 0 Å². The Kier molecular flexibility index (Phi) is 3.06. The molecule has 1 amide bonds. The monoisotopic (exact) mass is 279 g/mol. The van der Waals surface area contributed by atoms with Crippen LogP contribution in [0.1, 0.15) is 34.7 Å². The van der Waals surface area contributed by atoms with E-state index in [2.05, 4.69) is 10.4 Å². The van der Waals surface area contributed by atoms with Crippen LogP contribution in [0.2, 0.25) is 5.02 Å². The molecule has 0 radical (unpaired) electrons. The molecule has 2 aromatic rings. The maximum Gasteiger partial charge on any atom is 0.292 e. The van der Waals surface area contributed by atoms with Gasteiger partial charge < -0.3 is 9.73 Å². The van der Waals surface area contributed by atoms with Gasteiger partial charge in [-0.1, -0.05) is 11.6 Å². The van der Waals surface area contributed by atoms with Crippen molar-refractivity contribution < 1.29 is 9.21 Å². The van der Waals surface area contributed by atoms with Gasteiger partial charge in [0.1, 0.15) is 10.8 Å². The second-order valence-electron chi connectivity index (χ2n) is 4.72. The first-order valence-corrected chi connectivity index (χ1v) is 6.63. The fourth-order valence-corrected chi connectivity index (χ4v) is 2.54. The van der Waals surface area contributed by atoms with E-state index in [-0.39, 0.29) is 5.91 Å². The molecule has 1 N–H and O–H groups in total. The van der Waals surface area contributed by atoms with Crippen molar-refractivity contribution >= 4 is 23.3 Å². The maximum absolute atomic E-state index is 12.1. The molecule has 100 valence electrons. The zero-order valence-electron chi connectivity index (χ0n) is 10.6. The molecule has 0 unspecified atom stereocenters. The van der Waals surface area contributed by atoms with E-state index in [1.54, 1.807) is 17.9 Å². The summed E-state index contributed by atoms with van der Waals surface area (Å²) in [6.07, 6.45) is 5.79. The fourth-order valence-electron chi connectivity index (χ4n) is 2.32. The lowest BCUT2D eigenvalue weighted by molar-refractivity contribution is 0.0994. The Labute approximate surface area is 115 Å². The third kappa shape index (κ3) is 2.38. The summed E-state index contributed by atoms with van der Waals surface area (Å²) in [7, 11) is 1.74. The molecular formula is C13H14ClN3O2. The van der Waals surface area contributed by atoms with Crippen LogP contribution in [-0.2, 0) is 19.9 Å². The van der Waals surface area contributed by atoms with E-state index in [9.17, 15) is 4.79 Å². The third-order valence-electron chi connectivity index (χ3n) is 3.24. The molecule has 0 fully saturated rings. The van der Waals surface area contributed by atoms with Crippen molar-refractivity contribution in [3.63, 3.8) is 0 Å². The van der Waals surface area contributed by atoms with Gasteiger partial charge >= 0.3 is 0 Å². The van der Waals surface area contributed by atoms with Crippen molar-refractivity contribution in [2.75, 3.05) is 5.32 Å². The molecule has 2 heterocycles. The number of nitrogens with one attached hydrogen (secondary N) is 1. The SMILES string of the molecule is Cn1cc(Cl)c(NC(=O)c2cc3c(o2)CCCC3)n1. The van der Waals surface area contributed by atoms with Crippen LogP contribution < -0.4 is 5.32 Å². The van der Waals surface area contributed by atoms with Crippen LogP contribution >= 0.6 is 11.6 Å². The van der Waals surface area contributed by atoms with Crippen molar-refractivity contribution in [1.29, 1.82) is 0 Å². The van der Waals surface area contributed by atoms with E-state index < -0.39 is 0 Å². The van der Waals surface area contributed by atoms with Crippen LogP contribution in [0.3, 0.4) is 0 Å². The first-order chi connectivity index (χ1) is 9.13. The number of nitrogens with zero attached hydrogens (tertiary/aromatic N) is 2. The minimum absolute atomic E-state index is 0.310. The van der Waals surface area contributed by atoms with Crippen molar-refractivity contribution in [2.24, 2.45) is 7.05 Å². The van der Waals surface area contributed by atoms with E-state index in [1.165, 1.54) is 0 Å². The van der Waals surface area contributed by atoms with E-state index >= 15 is 0 Å². The van der Waals surface area contributed by atoms with Crippen molar-refractivity contribution in [3.8, 4) is 0 Å². The molecule has 19 heavy (non-hydrogen) atoms. The van der Waals surface area contributed by atoms with E-state index in [1.807, 2.05) is 6.07 Å². The van der Waals surface area contributed by atoms with Gasteiger partial charge in [-0.05, 0) is 30.9 Å². The van der Waals surface area contributed by atoms with E-state index in [0.29, 0.717) is 16.6 Å². The number of aromatic nitrogens is 2. The molecule has 0 saturated heterocycles. The van der Waals surface area contributed by atoms with E-state index in [4.69, 9.17) is 16.0 Å². The molecule has 0 spiro atoms. The molecule has 0 saturated carbocycles. The van der Waals surface area contributed by atoms with Gasteiger partial charge in [-0.2, -0.15) is 5.10 Å². The lowest BCUT2D eigenvalue weighted by Gasteiger charge is -2.07. The van der Waals surface area contributed by atoms with Gasteiger partial charge in [-0.25, -0.2) is 0 Å². The summed E-state index contributed by atoms with van der Waals surface area (Å²) < 4.78 is 7.14. The first-order valence-electron chi connectivity index (χ1n) is 6.25. The number of fused-ring (bicyclic) bond motifs is 1. The highest BCUT2D eigenvalue weighted by molar-refractivity contribution is 6.33. The number of halogens is 1. The number of hydrogen-bond donors (Lipinski definition) is 1. The molecule has 1 aliphatic rings.